The molecule has 132 valence electrons. The van der Waals surface area contributed by atoms with Crippen LogP contribution in [0.15, 0.2) is 0 Å². The Morgan fingerprint density at radius 2 is 1.14 bits per heavy atom. The topological polar surface area (TPSA) is 21.8 Å². The molecule has 1 saturated heterocycles. The second kappa shape index (κ2) is 12.4. The summed E-state index contributed by atoms with van der Waals surface area (Å²) in [6.07, 6.45) is 21.1. The molecule has 0 aromatic rings. The standard InChI is InChI=1S/C20H40O2/c1-4-5-6-7-8-9-10-11-12-13-14-15-16-17-18-20(2)19(21-3)22-20/h19H,4-18H2,1-3H3. The van der Waals surface area contributed by atoms with Gasteiger partial charge in [-0.05, 0) is 13.3 Å². The first-order chi connectivity index (χ1) is 10.7. The molecule has 2 heteroatoms. The average Bonchev–Trinajstić information content (AvgIpc) is 3.18. The maximum atomic E-state index is 5.54. The molecule has 0 amide bonds. The van der Waals surface area contributed by atoms with Crippen molar-refractivity contribution < 1.29 is 9.47 Å². The molecule has 0 bridgehead atoms. The molecule has 0 aliphatic carbocycles. The fourth-order valence-corrected chi connectivity index (χ4v) is 3.36. The molecule has 1 rings (SSSR count). The van der Waals surface area contributed by atoms with E-state index < -0.39 is 0 Å². The molecule has 0 aromatic carbocycles. The lowest BCUT2D eigenvalue weighted by Gasteiger charge is -2.06. The number of methoxy groups -OCH3 is 1. The summed E-state index contributed by atoms with van der Waals surface area (Å²) < 4.78 is 10.8. The molecule has 2 nitrogen and oxygen atoms in total. The summed E-state index contributed by atoms with van der Waals surface area (Å²) in [5.74, 6) is 0. The summed E-state index contributed by atoms with van der Waals surface area (Å²) in [6, 6.07) is 0. The number of ether oxygens (including phenoxy) is 2. The van der Waals surface area contributed by atoms with E-state index in [1.54, 1.807) is 7.11 Å². The maximum absolute atomic E-state index is 5.54. The minimum Gasteiger partial charge on any atom is -0.353 e. The van der Waals surface area contributed by atoms with E-state index in [-0.39, 0.29) is 11.9 Å². The van der Waals surface area contributed by atoms with Crippen molar-refractivity contribution in [3.63, 3.8) is 0 Å². The van der Waals surface area contributed by atoms with Gasteiger partial charge in [0.15, 0.2) is 6.29 Å². The highest BCUT2D eigenvalue weighted by Crippen LogP contribution is 2.40. The van der Waals surface area contributed by atoms with Gasteiger partial charge in [-0.2, -0.15) is 0 Å². The van der Waals surface area contributed by atoms with Gasteiger partial charge in [0.1, 0.15) is 5.60 Å². The summed E-state index contributed by atoms with van der Waals surface area (Å²) in [6.45, 7) is 4.46. The van der Waals surface area contributed by atoms with Gasteiger partial charge in [0.25, 0.3) is 0 Å². The summed E-state index contributed by atoms with van der Waals surface area (Å²) in [5, 5.41) is 0. The van der Waals surface area contributed by atoms with E-state index in [2.05, 4.69) is 13.8 Å². The van der Waals surface area contributed by atoms with E-state index in [0.717, 1.165) is 6.42 Å². The van der Waals surface area contributed by atoms with E-state index in [1.807, 2.05) is 0 Å². The SMILES string of the molecule is CCCCCCCCCCCCCCCCC1(C)OC1OC. The van der Waals surface area contributed by atoms with Crippen LogP contribution in [0.1, 0.15) is 110 Å². The van der Waals surface area contributed by atoms with Crippen molar-refractivity contribution in [3.05, 3.63) is 0 Å². The smallest absolute Gasteiger partial charge is 0.186 e. The lowest BCUT2D eigenvalue weighted by Crippen LogP contribution is -2.10. The Labute approximate surface area is 139 Å². The first-order valence-electron chi connectivity index (χ1n) is 9.93. The lowest BCUT2D eigenvalue weighted by molar-refractivity contribution is 0.0950. The highest BCUT2D eigenvalue weighted by Gasteiger charge is 2.52. The van der Waals surface area contributed by atoms with Crippen LogP contribution in [0.2, 0.25) is 0 Å². The van der Waals surface area contributed by atoms with Gasteiger partial charge in [-0.15, -0.1) is 0 Å². The number of unbranched alkanes of at least 4 members (excludes halogenated alkanes) is 13. The van der Waals surface area contributed by atoms with E-state index in [4.69, 9.17) is 9.47 Å². The Balaban J connectivity index is 1.70. The summed E-state index contributed by atoms with van der Waals surface area (Å²) >= 11 is 0. The minimum absolute atomic E-state index is 0.0336. The van der Waals surface area contributed by atoms with Crippen molar-refractivity contribution in [2.75, 3.05) is 7.11 Å². The maximum Gasteiger partial charge on any atom is 0.186 e. The fourth-order valence-electron chi connectivity index (χ4n) is 3.36. The highest BCUT2D eigenvalue weighted by molar-refractivity contribution is 4.92. The van der Waals surface area contributed by atoms with Gasteiger partial charge in [-0.1, -0.05) is 96.8 Å². The fraction of sp³-hybridized carbons (Fsp3) is 1.00. The van der Waals surface area contributed by atoms with Gasteiger partial charge in [0, 0.05) is 7.11 Å². The van der Waals surface area contributed by atoms with Crippen molar-refractivity contribution in [1.82, 2.24) is 0 Å². The zero-order valence-corrected chi connectivity index (χ0v) is 15.5. The van der Waals surface area contributed by atoms with Crippen molar-refractivity contribution >= 4 is 0 Å². The number of hydrogen-bond donors (Lipinski definition) is 0. The zero-order valence-electron chi connectivity index (χ0n) is 15.5. The van der Waals surface area contributed by atoms with E-state index in [0.29, 0.717) is 0 Å². The molecule has 0 N–H and O–H groups in total. The summed E-state index contributed by atoms with van der Waals surface area (Å²) in [5.41, 5.74) is 0.0336. The first kappa shape index (κ1) is 20.0. The van der Waals surface area contributed by atoms with Gasteiger partial charge in [0.05, 0.1) is 0 Å². The molecule has 1 heterocycles. The number of rotatable bonds is 16. The molecule has 2 unspecified atom stereocenters. The molecule has 0 radical (unpaired) electrons. The summed E-state index contributed by atoms with van der Waals surface area (Å²) in [4.78, 5) is 0. The second-order valence-electron chi connectivity index (χ2n) is 7.34. The van der Waals surface area contributed by atoms with E-state index in [9.17, 15) is 0 Å². The third-order valence-corrected chi connectivity index (χ3v) is 5.06. The van der Waals surface area contributed by atoms with Gasteiger partial charge in [-0.3, -0.25) is 0 Å². The normalized spacial score (nSPS) is 23.9. The molecule has 2 atom stereocenters. The van der Waals surface area contributed by atoms with E-state index >= 15 is 0 Å². The van der Waals surface area contributed by atoms with Gasteiger partial charge < -0.3 is 9.47 Å². The molecule has 0 saturated carbocycles. The van der Waals surface area contributed by atoms with Gasteiger partial charge in [0.2, 0.25) is 0 Å². The number of epoxide rings is 1. The van der Waals surface area contributed by atoms with Crippen LogP contribution < -0.4 is 0 Å². The number of hydrogen-bond acceptors (Lipinski definition) is 2. The van der Waals surface area contributed by atoms with Crippen LogP contribution in [0.5, 0.6) is 0 Å². The van der Waals surface area contributed by atoms with Crippen LogP contribution in [-0.4, -0.2) is 19.0 Å². The van der Waals surface area contributed by atoms with Crippen molar-refractivity contribution in [1.29, 1.82) is 0 Å². The van der Waals surface area contributed by atoms with Gasteiger partial charge in [-0.25, -0.2) is 0 Å². The van der Waals surface area contributed by atoms with Crippen LogP contribution in [0, 0.1) is 0 Å². The molecule has 22 heavy (non-hydrogen) atoms. The minimum atomic E-state index is 0.0336. The second-order valence-corrected chi connectivity index (χ2v) is 7.34. The van der Waals surface area contributed by atoms with Crippen LogP contribution in [-0.2, 0) is 9.47 Å². The average molecular weight is 313 g/mol. The molecule has 0 aromatic heterocycles. The quantitative estimate of drug-likeness (QED) is 0.236. The predicted molar refractivity (Wildman–Crippen MR) is 95.2 cm³/mol. The zero-order chi connectivity index (χ0) is 16.1. The largest absolute Gasteiger partial charge is 0.353 e. The lowest BCUT2D eigenvalue weighted by atomic mass is 10.0. The molecule has 1 aliphatic rings. The Morgan fingerprint density at radius 1 is 0.727 bits per heavy atom. The monoisotopic (exact) mass is 312 g/mol. The van der Waals surface area contributed by atoms with Crippen LogP contribution in [0.25, 0.3) is 0 Å². The molecular formula is C20H40O2. The van der Waals surface area contributed by atoms with Gasteiger partial charge >= 0.3 is 0 Å². The van der Waals surface area contributed by atoms with Crippen LogP contribution in [0.4, 0.5) is 0 Å². The summed E-state index contributed by atoms with van der Waals surface area (Å²) in [7, 11) is 1.74. The van der Waals surface area contributed by atoms with Crippen molar-refractivity contribution in [2.45, 2.75) is 122 Å². The molecular weight excluding hydrogens is 272 g/mol. The first-order valence-corrected chi connectivity index (χ1v) is 9.93. The third-order valence-electron chi connectivity index (χ3n) is 5.06. The molecule has 1 fully saturated rings. The highest BCUT2D eigenvalue weighted by atomic mass is 16.8. The van der Waals surface area contributed by atoms with Crippen molar-refractivity contribution in [3.8, 4) is 0 Å². The Kier molecular flexibility index (Phi) is 11.2. The van der Waals surface area contributed by atoms with E-state index in [1.165, 1.54) is 89.9 Å². The van der Waals surface area contributed by atoms with Crippen LogP contribution >= 0.6 is 0 Å². The Morgan fingerprint density at radius 3 is 1.50 bits per heavy atom. The molecule has 0 spiro atoms. The van der Waals surface area contributed by atoms with Crippen LogP contribution in [0.3, 0.4) is 0 Å². The van der Waals surface area contributed by atoms with Crippen molar-refractivity contribution in [2.24, 2.45) is 0 Å². The Bertz CT molecular complexity index is 254. The molecule has 1 aliphatic heterocycles. The predicted octanol–water partition coefficient (Wildman–Crippen LogP) is 6.62. The Hall–Kier alpha value is -0.0800. The third kappa shape index (κ3) is 9.15.